The Hall–Kier alpha value is -2.03. The molecule has 0 fully saturated rings. The third-order valence-electron chi connectivity index (χ3n) is 11.5. The van der Waals surface area contributed by atoms with Crippen LogP contribution in [0.2, 0.25) is 0 Å². The van der Waals surface area contributed by atoms with Crippen molar-refractivity contribution in [1.82, 2.24) is 5.32 Å². The Morgan fingerprint density at radius 3 is 1.52 bits per heavy atom. The second-order valence-electron chi connectivity index (χ2n) is 19.0. The van der Waals surface area contributed by atoms with E-state index in [0.29, 0.717) is 23.9 Å². The van der Waals surface area contributed by atoms with E-state index in [9.17, 15) is 19.0 Å². The topological polar surface area (TPSA) is 114 Å². The molecule has 0 aliphatic rings. The lowest BCUT2D eigenvalue weighted by Crippen LogP contribution is -2.47. The molecule has 0 aromatic carbocycles. The number of ether oxygens (including phenoxy) is 1. The number of phosphoric acid groups is 1. The van der Waals surface area contributed by atoms with Gasteiger partial charge in [0, 0.05) is 12.8 Å². The van der Waals surface area contributed by atoms with Gasteiger partial charge in [-0.15, -0.1) is 0 Å². The number of quaternary nitrogens is 1. The van der Waals surface area contributed by atoms with Gasteiger partial charge in [-0.1, -0.05) is 185 Å². The zero-order chi connectivity index (χ0) is 47.3. The van der Waals surface area contributed by atoms with Crippen LogP contribution in [0.3, 0.4) is 0 Å². The number of carbonyl (C=O) groups is 2. The first kappa shape index (κ1) is 62.0. The first-order valence-corrected chi connectivity index (χ1v) is 27.9. The SMILES string of the molecule is CC/C=C/C/C=C/CCCCCCCCCC(=O)NC(COP(=O)([O-])OCC[N+](C)(C)C)C(/C=C/CCCCCCCCCCC)OC(=O)CCCCC/C=C\CCCCCCCC. The monoisotopic (exact) mass is 921 g/mol. The molecule has 1 amide bonds. The smallest absolute Gasteiger partial charge is 0.306 e. The van der Waals surface area contributed by atoms with E-state index in [2.05, 4.69) is 62.5 Å². The Bertz CT molecular complexity index is 1240. The number of amides is 1. The van der Waals surface area contributed by atoms with Gasteiger partial charge in [-0.3, -0.25) is 14.2 Å². The molecular weight excluding hydrogens is 820 g/mol. The van der Waals surface area contributed by atoms with Crippen molar-refractivity contribution in [1.29, 1.82) is 0 Å². The van der Waals surface area contributed by atoms with Gasteiger partial charge in [-0.05, 0) is 83.1 Å². The highest BCUT2D eigenvalue weighted by Gasteiger charge is 2.27. The fraction of sp³-hybridized carbons (Fsp3) is 0.815. The fourth-order valence-electron chi connectivity index (χ4n) is 7.38. The summed E-state index contributed by atoms with van der Waals surface area (Å²) in [5.41, 5.74) is 0. The van der Waals surface area contributed by atoms with E-state index in [1.807, 2.05) is 33.3 Å². The second kappa shape index (κ2) is 44.8. The van der Waals surface area contributed by atoms with Crippen LogP contribution in [0.15, 0.2) is 48.6 Å². The van der Waals surface area contributed by atoms with Gasteiger partial charge in [0.1, 0.15) is 19.3 Å². The van der Waals surface area contributed by atoms with Crippen LogP contribution in [0.4, 0.5) is 0 Å². The van der Waals surface area contributed by atoms with Gasteiger partial charge in [0.25, 0.3) is 7.82 Å². The predicted molar refractivity (Wildman–Crippen MR) is 270 cm³/mol. The molecule has 1 N–H and O–H groups in total. The second-order valence-corrected chi connectivity index (χ2v) is 20.4. The number of hydrogen-bond acceptors (Lipinski definition) is 7. The Labute approximate surface area is 395 Å². The Morgan fingerprint density at radius 1 is 0.562 bits per heavy atom. The van der Waals surface area contributed by atoms with Crippen molar-refractivity contribution in [3.8, 4) is 0 Å². The van der Waals surface area contributed by atoms with E-state index >= 15 is 0 Å². The molecule has 9 nitrogen and oxygen atoms in total. The predicted octanol–water partition coefficient (Wildman–Crippen LogP) is 14.7. The molecule has 0 bridgehead atoms. The number of rotatable bonds is 47. The highest BCUT2D eigenvalue weighted by Crippen LogP contribution is 2.38. The van der Waals surface area contributed by atoms with E-state index in [0.717, 1.165) is 89.9 Å². The molecule has 0 aromatic heterocycles. The molecular formula is C54H101N2O7P. The van der Waals surface area contributed by atoms with Crippen LogP contribution < -0.4 is 10.2 Å². The van der Waals surface area contributed by atoms with E-state index in [1.165, 1.54) is 103 Å². The molecule has 0 aliphatic heterocycles. The zero-order valence-corrected chi connectivity index (χ0v) is 43.4. The maximum absolute atomic E-state index is 13.4. The first-order valence-electron chi connectivity index (χ1n) is 26.4. The molecule has 374 valence electrons. The van der Waals surface area contributed by atoms with Crippen molar-refractivity contribution < 1.29 is 37.3 Å². The lowest BCUT2D eigenvalue weighted by molar-refractivity contribution is -0.870. The summed E-state index contributed by atoms with van der Waals surface area (Å²) in [5.74, 6) is -0.570. The van der Waals surface area contributed by atoms with E-state index in [4.69, 9.17) is 13.8 Å². The summed E-state index contributed by atoms with van der Waals surface area (Å²) in [5, 5.41) is 3.00. The normalized spacial score (nSPS) is 14.3. The van der Waals surface area contributed by atoms with Crippen LogP contribution in [0.25, 0.3) is 0 Å². The standard InChI is InChI=1S/C54H101N2O7P/c1-7-10-13-16-19-22-25-27-29-31-34-37-40-43-46-53(57)55-51(50-62-64(59,60)61-49-48-56(4,5)6)52(45-42-39-36-33-30-24-21-18-15-12-9-3)63-54(58)47-44-41-38-35-32-28-26-23-20-17-14-11-8-2/h10,13,19,22,28,32,42,45,51-52H,7-9,11-12,14-18,20-21,23-27,29-31,33-41,43-44,46-50H2,1-6H3,(H-,55,57,59,60)/b13-10+,22-19+,32-28-,45-42+. The van der Waals surface area contributed by atoms with Crippen LogP contribution in [0, 0.1) is 0 Å². The van der Waals surface area contributed by atoms with Crippen LogP contribution in [0.1, 0.15) is 233 Å². The van der Waals surface area contributed by atoms with E-state index < -0.39 is 26.6 Å². The van der Waals surface area contributed by atoms with Crippen LogP contribution in [-0.4, -0.2) is 69.4 Å². The lowest BCUT2D eigenvalue weighted by Gasteiger charge is -2.30. The quantitative estimate of drug-likeness (QED) is 0.0213. The molecule has 0 saturated heterocycles. The summed E-state index contributed by atoms with van der Waals surface area (Å²) in [6.07, 6.45) is 52.2. The summed E-state index contributed by atoms with van der Waals surface area (Å²) < 4.78 is 30.1. The number of unbranched alkanes of at least 4 members (excludes halogenated alkanes) is 25. The van der Waals surface area contributed by atoms with E-state index in [1.54, 1.807) is 0 Å². The van der Waals surface area contributed by atoms with Gasteiger partial charge >= 0.3 is 5.97 Å². The zero-order valence-electron chi connectivity index (χ0n) is 42.5. The number of nitrogens with one attached hydrogen (secondary N) is 1. The highest BCUT2D eigenvalue weighted by molar-refractivity contribution is 7.45. The largest absolute Gasteiger partial charge is 0.756 e. The van der Waals surface area contributed by atoms with Gasteiger partial charge in [-0.25, -0.2) is 0 Å². The van der Waals surface area contributed by atoms with Gasteiger partial charge in [-0.2, -0.15) is 0 Å². The Morgan fingerprint density at radius 2 is 1.00 bits per heavy atom. The fourth-order valence-corrected chi connectivity index (χ4v) is 8.10. The molecule has 3 unspecified atom stereocenters. The molecule has 0 aliphatic carbocycles. The third-order valence-corrected chi connectivity index (χ3v) is 12.5. The van der Waals surface area contributed by atoms with Crippen LogP contribution >= 0.6 is 7.82 Å². The summed E-state index contributed by atoms with van der Waals surface area (Å²) in [7, 11) is 1.17. The summed E-state index contributed by atoms with van der Waals surface area (Å²) in [6.45, 7) is 6.69. The minimum Gasteiger partial charge on any atom is -0.756 e. The molecule has 0 spiro atoms. The Kier molecular flexibility index (Phi) is 43.4. The minimum atomic E-state index is -4.69. The van der Waals surface area contributed by atoms with Crippen molar-refractivity contribution in [2.75, 3.05) is 40.9 Å². The van der Waals surface area contributed by atoms with E-state index in [-0.39, 0.29) is 24.9 Å². The number of esters is 1. The molecule has 0 heterocycles. The highest BCUT2D eigenvalue weighted by atomic mass is 31.2. The number of likely N-dealkylation sites (N-methyl/N-ethyl adjacent to an activating group) is 1. The maximum atomic E-state index is 13.4. The van der Waals surface area contributed by atoms with Gasteiger partial charge < -0.3 is 28.5 Å². The molecule has 0 radical (unpaired) electrons. The first-order chi connectivity index (χ1) is 30.9. The van der Waals surface area contributed by atoms with Crippen molar-refractivity contribution in [2.45, 2.75) is 245 Å². The molecule has 3 atom stereocenters. The Balaban J connectivity index is 5.43. The van der Waals surface area contributed by atoms with Gasteiger partial charge in [0.05, 0.1) is 33.8 Å². The number of allylic oxidation sites excluding steroid dienone is 7. The lowest BCUT2D eigenvalue weighted by atomic mass is 10.1. The number of carbonyl (C=O) groups excluding carboxylic acids is 2. The summed E-state index contributed by atoms with van der Waals surface area (Å²) >= 11 is 0. The average Bonchev–Trinajstić information content (AvgIpc) is 3.25. The number of nitrogens with zero attached hydrogens (tertiary/aromatic N) is 1. The minimum absolute atomic E-state index is 0.0265. The third kappa shape index (κ3) is 45.1. The molecule has 0 saturated carbocycles. The molecule has 10 heteroatoms. The maximum Gasteiger partial charge on any atom is 0.306 e. The van der Waals surface area contributed by atoms with Crippen LogP contribution in [-0.2, 0) is 27.9 Å². The summed E-state index contributed by atoms with van der Waals surface area (Å²) in [4.78, 5) is 39.6. The number of phosphoric ester groups is 1. The van der Waals surface area contributed by atoms with Crippen molar-refractivity contribution in [3.05, 3.63) is 48.6 Å². The van der Waals surface area contributed by atoms with Crippen molar-refractivity contribution in [2.24, 2.45) is 0 Å². The molecule has 64 heavy (non-hydrogen) atoms. The summed E-state index contributed by atoms with van der Waals surface area (Å²) in [6, 6.07) is -0.895. The molecule has 0 aromatic rings. The average molecular weight is 921 g/mol. The van der Waals surface area contributed by atoms with Gasteiger partial charge in [0.2, 0.25) is 5.91 Å². The van der Waals surface area contributed by atoms with Gasteiger partial charge in [0.15, 0.2) is 0 Å². The van der Waals surface area contributed by atoms with Crippen molar-refractivity contribution in [3.63, 3.8) is 0 Å². The number of hydrogen-bond donors (Lipinski definition) is 1. The van der Waals surface area contributed by atoms with Crippen LogP contribution in [0.5, 0.6) is 0 Å². The van der Waals surface area contributed by atoms with Crippen molar-refractivity contribution >= 4 is 19.7 Å². The molecule has 0 rings (SSSR count).